The monoisotopic (exact) mass is 894 g/mol. The molecule has 0 bridgehead atoms. The lowest BCUT2D eigenvalue weighted by Crippen LogP contribution is -2.61. The van der Waals surface area contributed by atoms with Crippen molar-refractivity contribution in [1.29, 1.82) is 0 Å². The Morgan fingerprint density at radius 2 is 1.01 bits per heavy atom. The highest BCUT2D eigenvalue weighted by Crippen LogP contribution is 2.50. The van der Waals surface area contributed by atoms with Crippen molar-refractivity contribution in [1.82, 2.24) is 0 Å². The third-order valence-corrected chi connectivity index (χ3v) is 14.6. The maximum atomic E-state index is 6.79. The van der Waals surface area contributed by atoms with Gasteiger partial charge in [-0.1, -0.05) is 112 Å². The second kappa shape index (κ2) is 14.9. The van der Waals surface area contributed by atoms with E-state index >= 15 is 0 Å². The Balaban J connectivity index is 0.985. The van der Waals surface area contributed by atoms with E-state index < -0.39 is 0 Å². The van der Waals surface area contributed by atoms with E-state index in [0.717, 1.165) is 118 Å². The molecule has 3 aliphatic heterocycles. The van der Waals surface area contributed by atoms with Gasteiger partial charge in [-0.25, -0.2) is 0 Å². The quantitative estimate of drug-likeness (QED) is 0.164. The molecule has 0 aliphatic carbocycles. The first-order valence-electron chi connectivity index (χ1n) is 24.1. The number of aryl methyl sites for hydroxylation is 1. The molecule has 5 heterocycles. The van der Waals surface area contributed by atoms with E-state index in [4.69, 9.17) is 18.3 Å². The van der Waals surface area contributed by atoms with Gasteiger partial charge in [0.2, 0.25) is 0 Å². The van der Waals surface area contributed by atoms with Gasteiger partial charge in [0.15, 0.2) is 11.5 Å². The SMILES string of the molecule is Cc1cc2c3c(c1)N(c1ccc(C(C)(C)C)cc1)c1c(ccc4c1OCCCO4)B3c1cc(-c3ccc4c(c3)oc3ccccc34)ccc1N2c1ccc(-c2ccc3c(c2)oc2ccccc23)cc1. The summed E-state index contributed by atoms with van der Waals surface area (Å²) in [5.41, 5.74) is 20.8. The Hall–Kier alpha value is -8.16. The van der Waals surface area contributed by atoms with Gasteiger partial charge in [-0.2, -0.15) is 0 Å². The van der Waals surface area contributed by atoms with E-state index in [-0.39, 0.29) is 12.1 Å². The summed E-state index contributed by atoms with van der Waals surface area (Å²) in [6.45, 7) is 10.1. The zero-order valence-corrected chi connectivity index (χ0v) is 39.0. The predicted octanol–water partition coefficient (Wildman–Crippen LogP) is 14.7. The van der Waals surface area contributed by atoms with Gasteiger partial charge in [0, 0.05) is 56.4 Å². The minimum absolute atomic E-state index is 0.00649. The van der Waals surface area contributed by atoms with Crippen LogP contribution in [-0.4, -0.2) is 19.9 Å². The summed E-state index contributed by atoms with van der Waals surface area (Å²) in [4.78, 5) is 4.92. The van der Waals surface area contributed by atoms with Crippen molar-refractivity contribution < 1.29 is 18.3 Å². The van der Waals surface area contributed by atoms with Crippen LogP contribution in [-0.2, 0) is 5.41 Å². The highest BCUT2D eigenvalue weighted by Gasteiger charge is 2.45. The van der Waals surface area contributed by atoms with Crippen molar-refractivity contribution in [2.75, 3.05) is 23.0 Å². The van der Waals surface area contributed by atoms with E-state index in [2.05, 4.69) is 189 Å². The third kappa shape index (κ3) is 6.19. The zero-order chi connectivity index (χ0) is 46.1. The molecule has 11 aromatic rings. The van der Waals surface area contributed by atoms with Crippen molar-refractivity contribution >= 4 is 101 Å². The maximum absolute atomic E-state index is 6.79. The molecule has 14 rings (SSSR count). The molecule has 3 aliphatic rings. The van der Waals surface area contributed by atoms with E-state index in [1.54, 1.807) is 0 Å². The Bertz CT molecular complexity index is 3900. The standard InChI is InChI=1S/C62H47BN2O4/c1-37-32-52-59-53(33-37)65(44-23-19-42(20-24-44)62(2,3)4)60-49(27-29-56-61(60)67-31-9-30-66-56)63(59)50-34-39(41-17-26-48-46-11-6-8-13-55(46)69-58(48)36-41)18-28-51(50)64(52)43-21-14-38(15-22-43)40-16-25-47-45-10-5-7-12-54(45)68-57(47)35-40/h5-8,10-29,32-36H,9,30-31H2,1-4H3. The van der Waals surface area contributed by atoms with Crippen LogP contribution in [0.3, 0.4) is 0 Å². The molecular formula is C62H47BN2O4. The number of rotatable bonds is 4. The molecule has 0 amide bonds. The van der Waals surface area contributed by atoms with Crippen LogP contribution in [0.5, 0.6) is 11.5 Å². The van der Waals surface area contributed by atoms with Crippen LogP contribution in [0.15, 0.2) is 185 Å². The Kier molecular flexibility index (Phi) is 8.64. The Labute approximate surface area is 401 Å². The number of benzene rings is 9. The van der Waals surface area contributed by atoms with Crippen LogP contribution in [0.2, 0.25) is 0 Å². The van der Waals surface area contributed by atoms with Crippen LogP contribution < -0.4 is 35.7 Å². The number of anilines is 6. The highest BCUT2D eigenvalue weighted by molar-refractivity contribution is 7.00. The number of fused-ring (bicyclic) bond motifs is 12. The molecule has 0 fully saturated rings. The molecule has 0 saturated heterocycles. The number of nitrogens with zero attached hydrogens (tertiary/aromatic N) is 2. The summed E-state index contributed by atoms with van der Waals surface area (Å²) in [7, 11) is 0. The molecule has 0 unspecified atom stereocenters. The summed E-state index contributed by atoms with van der Waals surface area (Å²) in [5, 5.41) is 4.51. The molecule has 0 spiro atoms. The first-order valence-corrected chi connectivity index (χ1v) is 24.1. The largest absolute Gasteiger partial charge is 0.489 e. The Morgan fingerprint density at radius 3 is 1.70 bits per heavy atom. The van der Waals surface area contributed by atoms with Crippen molar-refractivity contribution in [2.45, 2.75) is 39.5 Å². The van der Waals surface area contributed by atoms with Crippen molar-refractivity contribution in [3.05, 3.63) is 187 Å². The van der Waals surface area contributed by atoms with Gasteiger partial charge in [0.05, 0.1) is 18.9 Å². The van der Waals surface area contributed by atoms with Gasteiger partial charge < -0.3 is 28.1 Å². The van der Waals surface area contributed by atoms with Crippen molar-refractivity contribution in [3.63, 3.8) is 0 Å². The lowest BCUT2D eigenvalue weighted by molar-refractivity contribution is 0.297. The van der Waals surface area contributed by atoms with Gasteiger partial charge in [-0.15, -0.1) is 0 Å². The molecule has 69 heavy (non-hydrogen) atoms. The predicted molar refractivity (Wildman–Crippen MR) is 285 cm³/mol. The van der Waals surface area contributed by atoms with Crippen molar-refractivity contribution in [3.8, 4) is 33.8 Å². The summed E-state index contributed by atoms with van der Waals surface area (Å²) in [6.07, 6.45) is 0.817. The molecule has 0 N–H and O–H groups in total. The van der Waals surface area contributed by atoms with Crippen molar-refractivity contribution in [2.24, 2.45) is 0 Å². The average molecular weight is 895 g/mol. The molecule has 0 saturated carbocycles. The smallest absolute Gasteiger partial charge is 0.252 e. The molecule has 332 valence electrons. The van der Waals surface area contributed by atoms with Gasteiger partial charge in [0.1, 0.15) is 22.3 Å². The molecule has 2 aromatic heterocycles. The number of furan rings is 2. The summed E-state index contributed by atoms with van der Waals surface area (Å²) >= 11 is 0. The number of hydrogen-bond donors (Lipinski definition) is 0. The summed E-state index contributed by atoms with van der Waals surface area (Å²) in [5.74, 6) is 1.58. The van der Waals surface area contributed by atoms with Gasteiger partial charge >= 0.3 is 0 Å². The Morgan fingerprint density at radius 1 is 0.464 bits per heavy atom. The van der Waals surface area contributed by atoms with Gasteiger partial charge in [0.25, 0.3) is 6.71 Å². The second-order valence-electron chi connectivity index (χ2n) is 19.9. The fourth-order valence-electron chi connectivity index (χ4n) is 11.3. The number of hydrogen-bond acceptors (Lipinski definition) is 6. The van der Waals surface area contributed by atoms with Crippen LogP contribution >= 0.6 is 0 Å². The molecule has 0 atom stereocenters. The topological polar surface area (TPSA) is 51.2 Å². The van der Waals surface area contributed by atoms with E-state index in [1.165, 1.54) is 27.5 Å². The summed E-state index contributed by atoms with van der Waals surface area (Å²) in [6, 6.07) is 64.0. The maximum Gasteiger partial charge on any atom is 0.252 e. The van der Waals surface area contributed by atoms with Crippen LogP contribution in [0.1, 0.15) is 38.3 Å². The van der Waals surface area contributed by atoms with Crippen LogP contribution in [0, 0.1) is 6.92 Å². The van der Waals surface area contributed by atoms with E-state index in [1.807, 2.05) is 24.3 Å². The average Bonchev–Trinajstić information content (AvgIpc) is 3.83. The first kappa shape index (κ1) is 40.0. The van der Waals surface area contributed by atoms with E-state index in [0.29, 0.717) is 13.2 Å². The fourth-order valence-corrected chi connectivity index (χ4v) is 11.3. The van der Waals surface area contributed by atoms with Gasteiger partial charge in [-0.05, 0) is 147 Å². The number of para-hydroxylation sites is 2. The van der Waals surface area contributed by atoms with E-state index in [9.17, 15) is 0 Å². The molecule has 9 aromatic carbocycles. The lowest BCUT2D eigenvalue weighted by atomic mass is 9.33. The second-order valence-corrected chi connectivity index (χ2v) is 19.9. The number of ether oxygens (including phenoxy) is 2. The third-order valence-electron chi connectivity index (χ3n) is 14.6. The lowest BCUT2D eigenvalue weighted by Gasteiger charge is -2.45. The molecule has 7 heteroatoms. The van der Waals surface area contributed by atoms with Crippen LogP contribution in [0.4, 0.5) is 34.1 Å². The zero-order valence-electron chi connectivity index (χ0n) is 39.0. The van der Waals surface area contributed by atoms with Gasteiger partial charge in [-0.3, -0.25) is 0 Å². The fraction of sp³-hybridized carbons (Fsp3) is 0.129. The minimum atomic E-state index is -0.121. The highest BCUT2D eigenvalue weighted by atomic mass is 16.5. The normalized spacial score (nSPS) is 14.1. The summed E-state index contributed by atoms with van der Waals surface area (Å²) < 4.78 is 26.0. The van der Waals surface area contributed by atoms with Crippen LogP contribution in [0.25, 0.3) is 66.1 Å². The molecular weight excluding hydrogens is 848 g/mol. The minimum Gasteiger partial charge on any atom is -0.489 e. The first-order chi connectivity index (χ1) is 33.7. The molecule has 6 nitrogen and oxygen atoms in total. The molecule has 0 radical (unpaired) electrons.